The lowest BCUT2D eigenvalue weighted by Gasteiger charge is -2.29. The molecule has 0 spiro atoms. The van der Waals surface area contributed by atoms with E-state index in [0.717, 1.165) is 25.9 Å². The number of piperidine rings is 1. The van der Waals surface area contributed by atoms with Crippen LogP contribution in [0.2, 0.25) is 0 Å². The van der Waals surface area contributed by atoms with Crippen LogP contribution in [-0.4, -0.2) is 36.9 Å². The third-order valence-corrected chi connectivity index (χ3v) is 3.30. The number of carbonyl (C=O) groups is 1. The molecule has 2 heterocycles. The summed E-state index contributed by atoms with van der Waals surface area (Å²) in [5.41, 5.74) is 0. The zero-order chi connectivity index (χ0) is 9.97. The summed E-state index contributed by atoms with van der Waals surface area (Å²) in [5, 5.41) is 12.3. The summed E-state index contributed by atoms with van der Waals surface area (Å²) in [6.07, 6.45) is 2.75. The average Bonchev–Trinajstić information content (AvgIpc) is 2.67. The minimum absolute atomic E-state index is 0.0328. The molecule has 0 aromatic rings. The van der Waals surface area contributed by atoms with E-state index in [1.165, 1.54) is 0 Å². The van der Waals surface area contributed by atoms with Gasteiger partial charge in [-0.2, -0.15) is 0 Å². The molecule has 2 fully saturated rings. The second kappa shape index (κ2) is 4.28. The second-order valence-electron chi connectivity index (χ2n) is 4.16. The zero-order valence-corrected chi connectivity index (χ0v) is 8.24. The van der Waals surface area contributed by atoms with Crippen molar-refractivity contribution in [2.24, 2.45) is 11.8 Å². The van der Waals surface area contributed by atoms with E-state index in [0.29, 0.717) is 18.9 Å². The van der Waals surface area contributed by atoms with Crippen molar-refractivity contribution in [1.29, 1.82) is 0 Å². The third kappa shape index (κ3) is 1.91. The number of carboxylic acid groups (broad SMARTS) is 1. The van der Waals surface area contributed by atoms with Gasteiger partial charge in [0.15, 0.2) is 0 Å². The molecule has 0 aliphatic carbocycles. The topological polar surface area (TPSA) is 58.6 Å². The Morgan fingerprint density at radius 2 is 2.00 bits per heavy atom. The fourth-order valence-corrected chi connectivity index (χ4v) is 2.51. The van der Waals surface area contributed by atoms with Crippen LogP contribution >= 0.6 is 0 Å². The van der Waals surface area contributed by atoms with Crippen LogP contribution in [0.4, 0.5) is 0 Å². The number of hydrogen-bond acceptors (Lipinski definition) is 3. The first-order chi connectivity index (χ1) is 6.79. The summed E-state index contributed by atoms with van der Waals surface area (Å²) in [7, 11) is 0. The average molecular weight is 199 g/mol. The van der Waals surface area contributed by atoms with E-state index < -0.39 is 5.97 Å². The summed E-state index contributed by atoms with van der Waals surface area (Å²) in [6.45, 7) is 2.61. The van der Waals surface area contributed by atoms with Crippen molar-refractivity contribution < 1.29 is 14.6 Å². The molecule has 0 amide bonds. The molecule has 0 saturated carbocycles. The van der Waals surface area contributed by atoms with Crippen LogP contribution in [0.1, 0.15) is 19.3 Å². The van der Waals surface area contributed by atoms with Crippen LogP contribution in [0.3, 0.4) is 0 Å². The fraction of sp³-hybridized carbons (Fsp3) is 0.900. The van der Waals surface area contributed by atoms with E-state index in [9.17, 15) is 4.79 Å². The molecule has 4 nitrogen and oxygen atoms in total. The summed E-state index contributed by atoms with van der Waals surface area (Å²) < 4.78 is 5.56. The van der Waals surface area contributed by atoms with Crippen LogP contribution < -0.4 is 5.32 Å². The number of ether oxygens (including phenoxy) is 1. The first-order valence-corrected chi connectivity index (χ1v) is 5.34. The molecule has 0 unspecified atom stereocenters. The number of rotatable bonds is 2. The predicted molar refractivity (Wildman–Crippen MR) is 51.1 cm³/mol. The molecule has 4 heteroatoms. The zero-order valence-electron chi connectivity index (χ0n) is 8.24. The Kier molecular flexibility index (Phi) is 3.03. The molecular formula is C10H17NO3. The van der Waals surface area contributed by atoms with E-state index in [4.69, 9.17) is 9.84 Å². The molecule has 2 rings (SSSR count). The standard InChI is InChI=1S/C10H17NO3/c12-10(13)8-3-6-14-9(8)7-1-4-11-5-2-7/h7-9,11H,1-6H2,(H,12,13)/t8-,9+/m1/s1. The maximum absolute atomic E-state index is 11.0. The molecule has 14 heavy (non-hydrogen) atoms. The molecule has 2 saturated heterocycles. The summed E-state index contributed by atoms with van der Waals surface area (Å²) in [6, 6.07) is 0. The second-order valence-corrected chi connectivity index (χ2v) is 4.16. The number of carboxylic acids is 1. The Morgan fingerprint density at radius 1 is 1.29 bits per heavy atom. The highest BCUT2D eigenvalue weighted by atomic mass is 16.5. The lowest BCUT2D eigenvalue weighted by molar-refractivity contribution is -0.144. The van der Waals surface area contributed by atoms with Gasteiger partial charge >= 0.3 is 5.97 Å². The van der Waals surface area contributed by atoms with Crippen molar-refractivity contribution in [2.75, 3.05) is 19.7 Å². The maximum Gasteiger partial charge on any atom is 0.309 e. The molecule has 2 N–H and O–H groups in total. The van der Waals surface area contributed by atoms with Gasteiger partial charge in [0.05, 0.1) is 12.0 Å². The number of aliphatic carboxylic acids is 1. The van der Waals surface area contributed by atoms with Crippen LogP contribution in [0.15, 0.2) is 0 Å². The Morgan fingerprint density at radius 3 is 2.64 bits per heavy atom. The van der Waals surface area contributed by atoms with Gasteiger partial charge < -0.3 is 15.2 Å². The van der Waals surface area contributed by atoms with Gasteiger partial charge in [-0.1, -0.05) is 0 Å². The van der Waals surface area contributed by atoms with Gasteiger partial charge in [0.1, 0.15) is 0 Å². The highest BCUT2D eigenvalue weighted by Crippen LogP contribution is 2.31. The molecule has 0 aromatic heterocycles. The van der Waals surface area contributed by atoms with Crippen molar-refractivity contribution in [3.63, 3.8) is 0 Å². The van der Waals surface area contributed by atoms with Crippen molar-refractivity contribution in [3.8, 4) is 0 Å². The molecule has 2 atom stereocenters. The van der Waals surface area contributed by atoms with Crippen molar-refractivity contribution >= 4 is 5.97 Å². The minimum Gasteiger partial charge on any atom is -0.481 e. The van der Waals surface area contributed by atoms with Crippen molar-refractivity contribution in [2.45, 2.75) is 25.4 Å². The molecule has 2 aliphatic heterocycles. The van der Waals surface area contributed by atoms with Crippen LogP contribution in [-0.2, 0) is 9.53 Å². The quantitative estimate of drug-likeness (QED) is 0.679. The SMILES string of the molecule is O=C(O)[C@@H]1CCO[C@H]1C1CCNCC1. The Balaban J connectivity index is 1.97. The van der Waals surface area contributed by atoms with Gasteiger partial charge in [-0.05, 0) is 38.3 Å². The first kappa shape index (κ1) is 9.93. The van der Waals surface area contributed by atoms with Gasteiger partial charge in [0, 0.05) is 6.61 Å². The van der Waals surface area contributed by atoms with Gasteiger partial charge in [0.2, 0.25) is 0 Å². The minimum atomic E-state index is -0.689. The summed E-state index contributed by atoms with van der Waals surface area (Å²) in [4.78, 5) is 11.0. The smallest absolute Gasteiger partial charge is 0.309 e. The Labute approximate surface area is 83.6 Å². The molecule has 0 aromatic carbocycles. The fourth-order valence-electron chi connectivity index (χ4n) is 2.51. The molecule has 80 valence electrons. The van der Waals surface area contributed by atoms with Crippen LogP contribution in [0.5, 0.6) is 0 Å². The molecule has 0 radical (unpaired) electrons. The number of nitrogens with one attached hydrogen (secondary N) is 1. The Hall–Kier alpha value is -0.610. The first-order valence-electron chi connectivity index (χ1n) is 5.34. The molecule has 0 bridgehead atoms. The van der Waals surface area contributed by atoms with E-state index >= 15 is 0 Å². The van der Waals surface area contributed by atoms with E-state index in [1.807, 2.05) is 0 Å². The summed E-state index contributed by atoms with van der Waals surface area (Å²) >= 11 is 0. The highest BCUT2D eigenvalue weighted by Gasteiger charge is 2.39. The summed E-state index contributed by atoms with van der Waals surface area (Å²) in [5.74, 6) is -0.510. The van der Waals surface area contributed by atoms with Gasteiger partial charge in [-0.3, -0.25) is 4.79 Å². The molecular weight excluding hydrogens is 182 g/mol. The maximum atomic E-state index is 11.0. The lowest BCUT2D eigenvalue weighted by atomic mass is 9.85. The number of hydrogen-bond donors (Lipinski definition) is 2. The lowest BCUT2D eigenvalue weighted by Crippen LogP contribution is -2.38. The van der Waals surface area contributed by atoms with E-state index in [2.05, 4.69) is 5.32 Å². The van der Waals surface area contributed by atoms with Gasteiger partial charge in [0.25, 0.3) is 0 Å². The van der Waals surface area contributed by atoms with Crippen molar-refractivity contribution in [3.05, 3.63) is 0 Å². The predicted octanol–water partition coefficient (Wildman–Crippen LogP) is 0.476. The monoisotopic (exact) mass is 199 g/mol. The molecule has 2 aliphatic rings. The van der Waals surface area contributed by atoms with Gasteiger partial charge in [-0.25, -0.2) is 0 Å². The largest absolute Gasteiger partial charge is 0.481 e. The van der Waals surface area contributed by atoms with Crippen molar-refractivity contribution in [1.82, 2.24) is 5.32 Å². The normalized spacial score (nSPS) is 34.6. The Bertz CT molecular complexity index is 213. The van der Waals surface area contributed by atoms with Crippen LogP contribution in [0.25, 0.3) is 0 Å². The highest BCUT2D eigenvalue weighted by molar-refractivity contribution is 5.71. The third-order valence-electron chi connectivity index (χ3n) is 3.30. The van der Waals surface area contributed by atoms with E-state index in [1.54, 1.807) is 0 Å². The van der Waals surface area contributed by atoms with E-state index in [-0.39, 0.29) is 12.0 Å². The van der Waals surface area contributed by atoms with Crippen LogP contribution in [0, 0.1) is 11.8 Å². The van der Waals surface area contributed by atoms with Gasteiger partial charge in [-0.15, -0.1) is 0 Å².